The first-order valence-electron chi connectivity index (χ1n) is 9.64. The normalized spacial score (nSPS) is 11.4. The van der Waals surface area contributed by atoms with Crippen molar-refractivity contribution in [3.8, 4) is 16.9 Å². The number of para-hydroxylation sites is 1. The van der Waals surface area contributed by atoms with E-state index in [1.54, 1.807) is 30.3 Å². The third kappa shape index (κ3) is 5.01. The minimum Gasteiger partial charge on any atom is -0.484 e. The molecule has 0 aliphatic heterocycles. The number of rotatable bonds is 5. The highest BCUT2D eigenvalue weighted by molar-refractivity contribution is 6.30. The molecule has 0 atom stereocenters. The molecule has 0 bridgehead atoms. The van der Waals surface area contributed by atoms with Gasteiger partial charge in [-0.05, 0) is 42.0 Å². The Labute approximate surface area is 190 Å². The Balaban J connectivity index is 1.66. The lowest BCUT2D eigenvalue weighted by atomic mass is 10.0. The van der Waals surface area contributed by atoms with E-state index < -0.39 is 28.8 Å². The van der Waals surface area contributed by atoms with E-state index in [2.05, 4.69) is 5.32 Å². The van der Waals surface area contributed by atoms with Gasteiger partial charge in [-0.15, -0.1) is 0 Å². The van der Waals surface area contributed by atoms with Gasteiger partial charge >= 0.3 is 6.18 Å². The van der Waals surface area contributed by atoms with E-state index in [1.165, 1.54) is 36.4 Å². The second-order valence-electron chi connectivity index (χ2n) is 7.00. The Morgan fingerprint density at radius 3 is 2.36 bits per heavy atom. The highest BCUT2D eigenvalue weighted by atomic mass is 35.5. The van der Waals surface area contributed by atoms with Crippen LogP contribution in [0.2, 0.25) is 5.02 Å². The molecule has 0 radical (unpaired) electrons. The number of ether oxygens (including phenoxy) is 1. The number of carbonyl (C=O) groups is 1. The topological polar surface area (TPSA) is 68.5 Å². The van der Waals surface area contributed by atoms with E-state index in [-0.39, 0.29) is 28.9 Å². The van der Waals surface area contributed by atoms with Crippen molar-refractivity contribution >= 4 is 34.2 Å². The molecule has 5 nitrogen and oxygen atoms in total. The van der Waals surface area contributed by atoms with Crippen LogP contribution in [0, 0.1) is 0 Å². The number of halogens is 4. The number of nitrogens with one attached hydrogen (secondary N) is 1. The molecule has 3 aromatic carbocycles. The van der Waals surface area contributed by atoms with Crippen LogP contribution in [0.1, 0.15) is 5.76 Å². The summed E-state index contributed by atoms with van der Waals surface area (Å²) in [5.74, 6) is -1.82. The molecule has 9 heteroatoms. The number of benzene rings is 3. The molecule has 33 heavy (non-hydrogen) atoms. The van der Waals surface area contributed by atoms with Crippen molar-refractivity contribution < 1.29 is 27.1 Å². The van der Waals surface area contributed by atoms with Gasteiger partial charge in [-0.3, -0.25) is 9.59 Å². The van der Waals surface area contributed by atoms with Crippen molar-refractivity contribution in [1.82, 2.24) is 0 Å². The lowest BCUT2D eigenvalue weighted by molar-refractivity contribution is -0.152. The number of hydrogen-bond acceptors (Lipinski definition) is 4. The van der Waals surface area contributed by atoms with Gasteiger partial charge in [0.25, 0.3) is 5.91 Å². The van der Waals surface area contributed by atoms with Crippen LogP contribution < -0.4 is 15.5 Å². The van der Waals surface area contributed by atoms with Gasteiger partial charge in [-0.25, -0.2) is 0 Å². The van der Waals surface area contributed by atoms with Crippen LogP contribution in [0.15, 0.2) is 82.0 Å². The fraction of sp³-hybridized carbons (Fsp3) is 0.0833. The summed E-state index contributed by atoms with van der Waals surface area (Å²) in [4.78, 5) is 25.0. The molecule has 168 valence electrons. The van der Waals surface area contributed by atoms with E-state index in [4.69, 9.17) is 20.8 Å². The van der Waals surface area contributed by atoms with Crippen molar-refractivity contribution in [2.24, 2.45) is 0 Å². The van der Waals surface area contributed by atoms with Crippen LogP contribution in [0.3, 0.4) is 0 Å². The molecule has 0 saturated heterocycles. The molecule has 1 N–H and O–H groups in total. The van der Waals surface area contributed by atoms with Crippen LogP contribution in [-0.4, -0.2) is 12.5 Å². The molecule has 0 spiro atoms. The minimum absolute atomic E-state index is 0.0280. The third-order valence-corrected chi connectivity index (χ3v) is 4.93. The Bertz CT molecular complexity index is 1370. The van der Waals surface area contributed by atoms with E-state index >= 15 is 0 Å². The van der Waals surface area contributed by atoms with Crippen molar-refractivity contribution in [3.05, 3.63) is 93.8 Å². The summed E-state index contributed by atoms with van der Waals surface area (Å²) >= 11 is 5.81. The zero-order valence-corrected chi connectivity index (χ0v) is 17.5. The fourth-order valence-corrected chi connectivity index (χ4v) is 3.34. The molecule has 1 heterocycles. The van der Waals surface area contributed by atoms with E-state index in [0.29, 0.717) is 10.7 Å². The molecule has 1 amide bonds. The lowest BCUT2D eigenvalue weighted by Gasteiger charge is -2.13. The zero-order chi connectivity index (χ0) is 23.6. The average molecular weight is 474 g/mol. The van der Waals surface area contributed by atoms with Crippen LogP contribution >= 0.6 is 11.6 Å². The molecular weight excluding hydrogens is 459 g/mol. The maximum absolute atomic E-state index is 13.7. The van der Waals surface area contributed by atoms with Gasteiger partial charge in [-0.2, -0.15) is 13.2 Å². The standard InChI is InChI=1S/C24H15ClF3NO4/c25-15-8-6-14(7-9-15)21-22(31)18-11-10-17(12-19(18)33-23(21)24(26,27)28)32-13-20(30)29-16-4-2-1-3-5-16/h1-12H,13H2,(H,29,30). The van der Waals surface area contributed by atoms with Gasteiger partial charge in [-0.1, -0.05) is 41.9 Å². The number of fused-ring (bicyclic) bond motifs is 1. The van der Waals surface area contributed by atoms with Crippen LogP contribution in [0.5, 0.6) is 5.75 Å². The predicted octanol–water partition coefficient (Wildman–Crippen LogP) is 6.15. The predicted molar refractivity (Wildman–Crippen MR) is 118 cm³/mol. The summed E-state index contributed by atoms with van der Waals surface area (Å²) in [5.41, 5.74) is -1.17. The van der Waals surface area contributed by atoms with Crippen LogP contribution in [0.4, 0.5) is 18.9 Å². The second-order valence-corrected chi connectivity index (χ2v) is 7.44. The summed E-state index contributed by atoms with van der Waals surface area (Å²) in [5, 5.41) is 2.88. The molecule has 4 aromatic rings. The molecule has 1 aromatic heterocycles. The molecular formula is C24H15ClF3NO4. The molecule has 4 rings (SSSR count). The van der Waals surface area contributed by atoms with Crippen molar-refractivity contribution in [3.63, 3.8) is 0 Å². The van der Waals surface area contributed by atoms with Gasteiger partial charge in [0.05, 0.1) is 10.9 Å². The maximum Gasteiger partial charge on any atom is 0.450 e. The summed E-state index contributed by atoms with van der Waals surface area (Å²) in [7, 11) is 0. The SMILES string of the molecule is O=C(COc1ccc2c(=O)c(-c3ccc(Cl)cc3)c(C(F)(F)F)oc2c1)Nc1ccccc1. The van der Waals surface area contributed by atoms with E-state index in [0.717, 1.165) is 6.07 Å². The van der Waals surface area contributed by atoms with Crippen molar-refractivity contribution in [2.75, 3.05) is 11.9 Å². The van der Waals surface area contributed by atoms with Crippen molar-refractivity contribution in [2.45, 2.75) is 6.18 Å². The van der Waals surface area contributed by atoms with Gasteiger partial charge in [0.1, 0.15) is 11.3 Å². The lowest BCUT2D eigenvalue weighted by Crippen LogP contribution is -2.20. The Hall–Kier alpha value is -3.78. The molecule has 0 aliphatic carbocycles. The largest absolute Gasteiger partial charge is 0.484 e. The summed E-state index contributed by atoms with van der Waals surface area (Å²) in [6.07, 6.45) is -4.92. The van der Waals surface area contributed by atoms with Gasteiger partial charge < -0.3 is 14.5 Å². The van der Waals surface area contributed by atoms with Gasteiger partial charge in [0.15, 0.2) is 6.61 Å². The van der Waals surface area contributed by atoms with Gasteiger partial charge in [0, 0.05) is 16.8 Å². The Kier molecular flexibility index (Phi) is 6.11. The second kappa shape index (κ2) is 8.99. The first kappa shape index (κ1) is 22.4. The van der Waals surface area contributed by atoms with Crippen molar-refractivity contribution in [1.29, 1.82) is 0 Å². The number of alkyl halides is 3. The monoisotopic (exact) mass is 473 g/mol. The maximum atomic E-state index is 13.7. The van der Waals surface area contributed by atoms with Crippen LogP contribution in [0.25, 0.3) is 22.1 Å². The Morgan fingerprint density at radius 1 is 1.00 bits per heavy atom. The molecule has 0 fully saturated rings. The number of carbonyl (C=O) groups excluding carboxylic acids is 1. The van der Waals surface area contributed by atoms with Gasteiger partial charge in [0.2, 0.25) is 11.2 Å². The van der Waals surface area contributed by atoms with E-state index in [1.807, 2.05) is 0 Å². The Morgan fingerprint density at radius 2 is 1.70 bits per heavy atom. The number of amides is 1. The number of anilines is 1. The first-order valence-corrected chi connectivity index (χ1v) is 10.0. The number of hydrogen-bond donors (Lipinski definition) is 1. The molecule has 0 aliphatic rings. The van der Waals surface area contributed by atoms with Crippen LogP contribution in [-0.2, 0) is 11.0 Å². The smallest absolute Gasteiger partial charge is 0.450 e. The minimum atomic E-state index is -4.92. The quantitative estimate of drug-likeness (QED) is 0.377. The fourth-order valence-electron chi connectivity index (χ4n) is 3.21. The average Bonchev–Trinajstić information content (AvgIpc) is 2.78. The van der Waals surface area contributed by atoms with E-state index in [9.17, 15) is 22.8 Å². The third-order valence-electron chi connectivity index (χ3n) is 4.68. The zero-order valence-electron chi connectivity index (χ0n) is 16.8. The summed E-state index contributed by atoms with van der Waals surface area (Å²) < 4.78 is 51.7. The highest BCUT2D eigenvalue weighted by Crippen LogP contribution is 2.38. The summed E-state index contributed by atoms with van der Waals surface area (Å²) in [6.45, 7) is -0.389. The first-order chi connectivity index (χ1) is 15.7. The highest BCUT2D eigenvalue weighted by Gasteiger charge is 2.39. The molecule has 0 saturated carbocycles. The summed E-state index contributed by atoms with van der Waals surface area (Å²) in [6, 6.07) is 17.9. The molecule has 0 unspecified atom stereocenters.